The number of ether oxygens (including phenoxy) is 1. The van der Waals surface area contributed by atoms with Crippen LogP contribution in [0, 0.1) is 6.92 Å². The summed E-state index contributed by atoms with van der Waals surface area (Å²) >= 11 is 7.61. The van der Waals surface area contributed by atoms with E-state index in [0.717, 1.165) is 20.8 Å². The number of benzene rings is 2. The highest BCUT2D eigenvalue weighted by Gasteiger charge is 2.21. The first-order valence-electron chi connectivity index (χ1n) is 7.96. The molecule has 3 aromatic rings. The molecule has 2 aromatic carbocycles. The minimum absolute atomic E-state index is 0.0210. The Morgan fingerprint density at radius 2 is 2.08 bits per heavy atom. The summed E-state index contributed by atoms with van der Waals surface area (Å²) in [6.07, 6.45) is 0. The van der Waals surface area contributed by atoms with Crippen LogP contribution in [0.15, 0.2) is 42.5 Å². The highest BCUT2D eigenvalue weighted by Crippen LogP contribution is 2.29. The van der Waals surface area contributed by atoms with E-state index in [0.29, 0.717) is 10.8 Å². The van der Waals surface area contributed by atoms with Crippen molar-refractivity contribution in [2.24, 2.45) is 0 Å². The average Bonchev–Trinajstić information content (AvgIpc) is 3.05. The number of nitrogens with zero attached hydrogens (tertiary/aromatic N) is 2. The molecule has 0 aliphatic rings. The maximum absolute atomic E-state index is 12.4. The Morgan fingerprint density at radius 1 is 1.32 bits per heavy atom. The minimum Gasteiger partial charge on any atom is -0.484 e. The summed E-state index contributed by atoms with van der Waals surface area (Å²) in [6.45, 7) is 3.85. The van der Waals surface area contributed by atoms with E-state index >= 15 is 0 Å². The lowest BCUT2D eigenvalue weighted by molar-refractivity contribution is -0.134. The van der Waals surface area contributed by atoms with Crippen LogP contribution in [0.3, 0.4) is 0 Å². The van der Waals surface area contributed by atoms with Crippen molar-refractivity contribution in [3.05, 3.63) is 58.1 Å². The van der Waals surface area contributed by atoms with Crippen molar-refractivity contribution in [3.8, 4) is 5.75 Å². The predicted octanol–water partition coefficient (Wildman–Crippen LogP) is 4.86. The molecule has 0 aliphatic carbocycles. The third-order valence-corrected chi connectivity index (χ3v) is 5.76. The first-order valence-corrected chi connectivity index (χ1v) is 9.15. The van der Waals surface area contributed by atoms with Crippen LogP contribution in [-0.2, 0) is 4.79 Å². The molecule has 1 aromatic heterocycles. The molecule has 0 bridgehead atoms. The molecule has 0 saturated heterocycles. The Morgan fingerprint density at radius 3 is 2.80 bits per heavy atom. The number of hydrogen-bond acceptors (Lipinski definition) is 4. The summed E-state index contributed by atoms with van der Waals surface area (Å²) in [4.78, 5) is 18.7. The molecular weight excluding hydrogens is 356 g/mol. The zero-order valence-electron chi connectivity index (χ0n) is 14.3. The number of halogens is 1. The molecule has 1 atom stereocenters. The Kier molecular flexibility index (Phi) is 5.25. The third kappa shape index (κ3) is 3.94. The molecule has 25 heavy (non-hydrogen) atoms. The van der Waals surface area contributed by atoms with Gasteiger partial charge in [0.25, 0.3) is 5.91 Å². The van der Waals surface area contributed by atoms with Crippen molar-refractivity contribution in [1.29, 1.82) is 0 Å². The fraction of sp³-hybridized carbons (Fsp3) is 0.263. The number of likely N-dealkylation sites (N-methyl/N-ethyl adjacent to an activating group) is 1. The van der Waals surface area contributed by atoms with Crippen LogP contribution >= 0.6 is 22.9 Å². The van der Waals surface area contributed by atoms with Crippen LogP contribution in [0.4, 0.5) is 0 Å². The van der Waals surface area contributed by atoms with Crippen LogP contribution in [0.2, 0.25) is 5.02 Å². The first-order chi connectivity index (χ1) is 12.0. The van der Waals surface area contributed by atoms with Crippen LogP contribution < -0.4 is 4.74 Å². The maximum atomic E-state index is 12.4. The molecule has 3 rings (SSSR count). The van der Waals surface area contributed by atoms with E-state index in [2.05, 4.69) is 4.98 Å². The van der Waals surface area contributed by atoms with E-state index in [1.165, 1.54) is 0 Å². The van der Waals surface area contributed by atoms with Crippen molar-refractivity contribution in [2.75, 3.05) is 13.7 Å². The van der Waals surface area contributed by atoms with Gasteiger partial charge in [-0.15, -0.1) is 11.3 Å². The standard InChI is InChI=1S/C19H19ClN2O2S/c1-12-10-14(8-9-15(12)20)24-11-18(23)22(3)13(2)19-21-16-6-4-5-7-17(16)25-19/h4-10,13H,11H2,1-3H3/t13-/m0/s1. The second-order valence-corrected chi connectivity index (χ2v) is 7.37. The molecular formula is C19H19ClN2O2S. The van der Waals surface area contributed by atoms with Crippen LogP contribution in [0.5, 0.6) is 5.75 Å². The van der Waals surface area contributed by atoms with Gasteiger partial charge in [0.15, 0.2) is 6.61 Å². The SMILES string of the molecule is Cc1cc(OCC(=O)N(C)[C@@H](C)c2nc3ccccc3s2)ccc1Cl. The van der Waals surface area contributed by atoms with Crippen molar-refractivity contribution < 1.29 is 9.53 Å². The van der Waals surface area contributed by atoms with E-state index < -0.39 is 0 Å². The Hall–Kier alpha value is -2.11. The molecule has 0 unspecified atom stereocenters. The van der Waals surface area contributed by atoms with Gasteiger partial charge in [-0.05, 0) is 49.7 Å². The minimum atomic E-state index is -0.111. The van der Waals surface area contributed by atoms with Crippen molar-refractivity contribution in [2.45, 2.75) is 19.9 Å². The summed E-state index contributed by atoms with van der Waals surface area (Å²) in [5, 5.41) is 1.60. The molecule has 1 amide bonds. The molecule has 0 radical (unpaired) electrons. The van der Waals surface area contributed by atoms with Gasteiger partial charge < -0.3 is 9.64 Å². The number of aromatic nitrogens is 1. The molecule has 0 fully saturated rings. The van der Waals surface area contributed by atoms with Gasteiger partial charge in [-0.25, -0.2) is 4.98 Å². The topological polar surface area (TPSA) is 42.4 Å². The quantitative estimate of drug-likeness (QED) is 0.640. The summed E-state index contributed by atoms with van der Waals surface area (Å²) in [7, 11) is 1.77. The predicted molar refractivity (Wildman–Crippen MR) is 102 cm³/mol. The van der Waals surface area contributed by atoms with Gasteiger partial charge in [-0.2, -0.15) is 0 Å². The zero-order chi connectivity index (χ0) is 18.0. The molecule has 6 heteroatoms. The highest BCUT2D eigenvalue weighted by molar-refractivity contribution is 7.18. The fourth-order valence-corrected chi connectivity index (χ4v) is 3.58. The van der Waals surface area contributed by atoms with Gasteiger partial charge in [0, 0.05) is 12.1 Å². The summed E-state index contributed by atoms with van der Waals surface area (Å²) < 4.78 is 6.73. The maximum Gasteiger partial charge on any atom is 0.260 e. The number of carbonyl (C=O) groups is 1. The molecule has 4 nitrogen and oxygen atoms in total. The van der Waals surface area contributed by atoms with Crippen molar-refractivity contribution in [3.63, 3.8) is 0 Å². The fourth-order valence-electron chi connectivity index (χ4n) is 2.40. The van der Waals surface area contributed by atoms with Gasteiger partial charge in [-0.1, -0.05) is 23.7 Å². The zero-order valence-corrected chi connectivity index (χ0v) is 15.9. The lowest BCUT2D eigenvalue weighted by Gasteiger charge is -2.23. The number of thiazole rings is 1. The molecule has 0 spiro atoms. The van der Waals surface area contributed by atoms with Gasteiger partial charge in [0.2, 0.25) is 0 Å². The number of amides is 1. The van der Waals surface area contributed by atoms with E-state index in [1.54, 1.807) is 35.4 Å². The van der Waals surface area contributed by atoms with Crippen molar-refractivity contribution in [1.82, 2.24) is 9.88 Å². The van der Waals surface area contributed by atoms with E-state index in [-0.39, 0.29) is 18.6 Å². The number of rotatable bonds is 5. The molecule has 0 aliphatic heterocycles. The van der Waals surface area contributed by atoms with Crippen LogP contribution in [-0.4, -0.2) is 29.4 Å². The summed E-state index contributed by atoms with van der Waals surface area (Å²) in [6, 6.07) is 13.2. The summed E-state index contributed by atoms with van der Waals surface area (Å²) in [5.74, 6) is 0.538. The lowest BCUT2D eigenvalue weighted by atomic mass is 10.2. The Labute approximate surface area is 156 Å². The van der Waals surface area contributed by atoms with Gasteiger partial charge in [0.1, 0.15) is 10.8 Å². The molecule has 0 saturated carbocycles. The number of hydrogen-bond donors (Lipinski definition) is 0. The smallest absolute Gasteiger partial charge is 0.260 e. The average molecular weight is 375 g/mol. The van der Waals surface area contributed by atoms with Gasteiger partial charge in [-0.3, -0.25) is 4.79 Å². The van der Waals surface area contributed by atoms with E-state index in [4.69, 9.17) is 16.3 Å². The Bertz CT molecular complexity index is 876. The Balaban J connectivity index is 1.65. The van der Waals surface area contributed by atoms with Crippen molar-refractivity contribution >= 4 is 39.1 Å². The largest absolute Gasteiger partial charge is 0.484 e. The molecule has 1 heterocycles. The van der Waals surface area contributed by atoms with E-state index in [9.17, 15) is 4.79 Å². The van der Waals surface area contributed by atoms with Gasteiger partial charge in [0.05, 0.1) is 16.3 Å². The normalized spacial score (nSPS) is 12.2. The first kappa shape index (κ1) is 17.7. The van der Waals surface area contributed by atoms with E-state index in [1.807, 2.05) is 44.2 Å². The van der Waals surface area contributed by atoms with Crippen LogP contribution in [0.25, 0.3) is 10.2 Å². The third-order valence-electron chi connectivity index (χ3n) is 4.13. The van der Waals surface area contributed by atoms with Gasteiger partial charge >= 0.3 is 0 Å². The summed E-state index contributed by atoms with van der Waals surface area (Å²) in [5.41, 5.74) is 1.88. The second kappa shape index (κ2) is 7.42. The molecule has 130 valence electrons. The second-order valence-electron chi connectivity index (χ2n) is 5.90. The molecule has 0 N–H and O–H groups in total. The number of fused-ring (bicyclic) bond motifs is 1. The monoisotopic (exact) mass is 374 g/mol. The number of aryl methyl sites for hydroxylation is 1. The lowest BCUT2D eigenvalue weighted by Crippen LogP contribution is -2.33. The number of para-hydroxylation sites is 1. The highest BCUT2D eigenvalue weighted by atomic mass is 35.5. The number of carbonyl (C=O) groups excluding carboxylic acids is 1. The van der Waals surface area contributed by atoms with Crippen LogP contribution in [0.1, 0.15) is 23.5 Å².